The van der Waals surface area contributed by atoms with Crippen LogP contribution in [-0.2, 0) is 6.54 Å². The third kappa shape index (κ3) is 4.20. The Labute approximate surface area is 122 Å². The summed E-state index contributed by atoms with van der Waals surface area (Å²) in [5.41, 5.74) is 2.46. The van der Waals surface area contributed by atoms with Gasteiger partial charge in [0.1, 0.15) is 0 Å². The van der Waals surface area contributed by atoms with Crippen molar-refractivity contribution in [2.24, 2.45) is 0 Å². The minimum absolute atomic E-state index is 0.558. The molecule has 1 unspecified atom stereocenters. The van der Waals surface area contributed by atoms with E-state index in [0.717, 1.165) is 23.7 Å². The Morgan fingerprint density at radius 3 is 2.79 bits per heavy atom. The van der Waals surface area contributed by atoms with Crippen LogP contribution in [0.25, 0.3) is 0 Å². The summed E-state index contributed by atoms with van der Waals surface area (Å²) < 4.78 is 0. The maximum absolute atomic E-state index is 6.22. The first-order valence-corrected chi connectivity index (χ1v) is 7.66. The Balaban J connectivity index is 2.00. The number of rotatable bonds is 5. The van der Waals surface area contributed by atoms with Crippen molar-refractivity contribution in [1.29, 1.82) is 0 Å². The van der Waals surface area contributed by atoms with E-state index in [9.17, 15) is 0 Å². The van der Waals surface area contributed by atoms with Crippen molar-refractivity contribution in [2.45, 2.75) is 52.2 Å². The van der Waals surface area contributed by atoms with E-state index in [4.69, 9.17) is 11.6 Å². The molecule has 1 N–H and O–H groups in total. The molecule has 0 saturated carbocycles. The average Bonchev–Trinajstić information content (AvgIpc) is 2.86. The largest absolute Gasteiger partial charge is 0.313 e. The maximum Gasteiger partial charge on any atom is 0.0438 e. The van der Waals surface area contributed by atoms with Crippen LogP contribution in [0.3, 0.4) is 0 Å². The lowest BCUT2D eigenvalue weighted by molar-refractivity contribution is 0.194. The maximum atomic E-state index is 6.22. The Hall–Kier alpha value is -0.570. The van der Waals surface area contributed by atoms with Gasteiger partial charge in [0.2, 0.25) is 0 Å². The second-order valence-electron chi connectivity index (χ2n) is 5.90. The van der Waals surface area contributed by atoms with E-state index in [2.05, 4.69) is 49.2 Å². The lowest BCUT2D eigenvalue weighted by atomic mass is 10.1. The van der Waals surface area contributed by atoms with Crippen LogP contribution in [0.2, 0.25) is 5.02 Å². The van der Waals surface area contributed by atoms with E-state index >= 15 is 0 Å². The molecule has 2 rings (SSSR count). The van der Waals surface area contributed by atoms with Gasteiger partial charge in [0.05, 0.1) is 0 Å². The van der Waals surface area contributed by atoms with Crippen LogP contribution in [0.15, 0.2) is 18.2 Å². The standard InChI is InChI=1S/C16H25ClN2/c1-12(2)19(11-15-5-4-8-18-15)10-14-7-6-13(3)16(17)9-14/h6-7,9,12,15,18H,4-5,8,10-11H2,1-3H3. The predicted molar refractivity (Wildman–Crippen MR) is 82.8 cm³/mol. The normalized spacial score (nSPS) is 19.6. The highest BCUT2D eigenvalue weighted by molar-refractivity contribution is 6.31. The van der Waals surface area contributed by atoms with Gasteiger partial charge in [-0.1, -0.05) is 23.7 Å². The fourth-order valence-electron chi connectivity index (χ4n) is 2.62. The molecule has 1 atom stereocenters. The molecular weight excluding hydrogens is 256 g/mol. The Morgan fingerprint density at radius 2 is 2.21 bits per heavy atom. The molecule has 19 heavy (non-hydrogen) atoms. The van der Waals surface area contributed by atoms with Gasteiger partial charge in [0, 0.05) is 30.2 Å². The second kappa shape index (κ2) is 6.74. The van der Waals surface area contributed by atoms with Crippen molar-refractivity contribution in [3.63, 3.8) is 0 Å². The van der Waals surface area contributed by atoms with Gasteiger partial charge in [0.15, 0.2) is 0 Å². The summed E-state index contributed by atoms with van der Waals surface area (Å²) in [4.78, 5) is 2.53. The van der Waals surface area contributed by atoms with Gasteiger partial charge in [-0.15, -0.1) is 0 Å². The third-order valence-corrected chi connectivity index (χ3v) is 4.38. The van der Waals surface area contributed by atoms with Crippen molar-refractivity contribution in [3.8, 4) is 0 Å². The molecule has 3 heteroatoms. The quantitative estimate of drug-likeness (QED) is 0.886. The molecule has 1 saturated heterocycles. The molecule has 1 aromatic rings. The molecule has 1 heterocycles. The van der Waals surface area contributed by atoms with E-state index in [0.29, 0.717) is 12.1 Å². The topological polar surface area (TPSA) is 15.3 Å². The van der Waals surface area contributed by atoms with Crippen LogP contribution >= 0.6 is 11.6 Å². The summed E-state index contributed by atoms with van der Waals surface area (Å²) in [6.45, 7) is 9.87. The summed E-state index contributed by atoms with van der Waals surface area (Å²) in [7, 11) is 0. The average molecular weight is 281 g/mol. The number of hydrogen-bond donors (Lipinski definition) is 1. The SMILES string of the molecule is Cc1ccc(CN(CC2CCCN2)C(C)C)cc1Cl. The summed E-state index contributed by atoms with van der Waals surface area (Å²) in [6, 6.07) is 7.63. The Bertz CT molecular complexity index is 411. The number of benzene rings is 1. The first-order valence-electron chi connectivity index (χ1n) is 7.28. The molecule has 0 aliphatic carbocycles. The predicted octanol–water partition coefficient (Wildman–Crippen LogP) is 3.61. The highest BCUT2D eigenvalue weighted by Crippen LogP contribution is 2.19. The third-order valence-electron chi connectivity index (χ3n) is 3.97. The van der Waals surface area contributed by atoms with E-state index in [1.807, 2.05) is 0 Å². The number of nitrogens with zero attached hydrogens (tertiary/aromatic N) is 1. The van der Waals surface area contributed by atoms with Crippen molar-refractivity contribution >= 4 is 11.6 Å². The Kier molecular flexibility index (Phi) is 5.26. The van der Waals surface area contributed by atoms with E-state index in [1.54, 1.807) is 0 Å². The zero-order valence-electron chi connectivity index (χ0n) is 12.2. The van der Waals surface area contributed by atoms with E-state index < -0.39 is 0 Å². The summed E-state index contributed by atoms with van der Waals surface area (Å²) in [5, 5.41) is 4.46. The highest BCUT2D eigenvalue weighted by Gasteiger charge is 2.19. The summed E-state index contributed by atoms with van der Waals surface area (Å²) in [5.74, 6) is 0. The number of hydrogen-bond acceptors (Lipinski definition) is 2. The molecule has 1 aliphatic heterocycles. The monoisotopic (exact) mass is 280 g/mol. The van der Waals surface area contributed by atoms with Crippen molar-refractivity contribution in [3.05, 3.63) is 34.3 Å². The molecule has 0 bridgehead atoms. The first kappa shape index (κ1) is 14.8. The van der Waals surface area contributed by atoms with Crippen LogP contribution in [0.5, 0.6) is 0 Å². The van der Waals surface area contributed by atoms with Gasteiger partial charge in [-0.25, -0.2) is 0 Å². The summed E-state index contributed by atoms with van der Waals surface area (Å²) in [6.07, 6.45) is 2.62. The number of aryl methyl sites for hydroxylation is 1. The first-order chi connectivity index (χ1) is 9.06. The fourth-order valence-corrected chi connectivity index (χ4v) is 2.83. The molecule has 0 spiro atoms. The highest BCUT2D eigenvalue weighted by atomic mass is 35.5. The van der Waals surface area contributed by atoms with E-state index in [1.165, 1.54) is 24.9 Å². The van der Waals surface area contributed by atoms with Crippen molar-refractivity contribution < 1.29 is 0 Å². The molecule has 1 fully saturated rings. The van der Waals surface area contributed by atoms with Crippen LogP contribution in [0.4, 0.5) is 0 Å². The molecule has 0 amide bonds. The molecule has 0 aromatic heterocycles. The van der Waals surface area contributed by atoms with Crippen LogP contribution < -0.4 is 5.32 Å². The summed E-state index contributed by atoms with van der Waals surface area (Å²) >= 11 is 6.22. The van der Waals surface area contributed by atoms with Crippen LogP contribution in [-0.4, -0.2) is 30.1 Å². The molecule has 2 nitrogen and oxygen atoms in total. The zero-order chi connectivity index (χ0) is 13.8. The minimum Gasteiger partial charge on any atom is -0.313 e. The number of nitrogens with one attached hydrogen (secondary N) is 1. The molecule has 1 aromatic carbocycles. The van der Waals surface area contributed by atoms with Crippen LogP contribution in [0, 0.1) is 6.92 Å². The molecule has 106 valence electrons. The van der Waals surface area contributed by atoms with Crippen molar-refractivity contribution in [1.82, 2.24) is 10.2 Å². The minimum atomic E-state index is 0.558. The molecule has 1 aliphatic rings. The zero-order valence-corrected chi connectivity index (χ0v) is 13.0. The van der Waals surface area contributed by atoms with Gasteiger partial charge in [-0.05, 0) is 57.4 Å². The smallest absolute Gasteiger partial charge is 0.0438 e. The van der Waals surface area contributed by atoms with Gasteiger partial charge in [0.25, 0.3) is 0 Å². The fraction of sp³-hybridized carbons (Fsp3) is 0.625. The lowest BCUT2D eigenvalue weighted by Gasteiger charge is -2.29. The van der Waals surface area contributed by atoms with Gasteiger partial charge < -0.3 is 5.32 Å². The van der Waals surface area contributed by atoms with Gasteiger partial charge in [-0.3, -0.25) is 4.90 Å². The molecular formula is C16H25ClN2. The van der Waals surface area contributed by atoms with Crippen LogP contribution in [0.1, 0.15) is 37.8 Å². The van der Waals surface area contributed by atoms with Gasteiger partial charge >= 0.3 is 0 Å². The van der Waals surface area contributed by atoms with Gasteiger partial charge in [-0.2, -0.15) is 0 Å². The second-order valence-corrected chi connectivity index (χ2v) is 6.31. The Morgan fingerprint density at radius 1 is 1.42 bits per heavy atom. The molecule has 0 radical (unpaired) electrons. The lowest BCUT2D eigenvalue weighted by Crippen LogP contribution is -2.40. The number of halogens is 1. The van der Waals surface area contributed by atoms with Crippen molar-refractivity contribution in [2.75, 3.05) is 13.1 Å². The van der Waals surface area contributed by atoms with E-state index in [-0.39, 0.29) is 0 Å².